The summed E-state index contributed by atoms with van der Waals surface area (Å²) < 4.78 is 5.38. The second-order valence-electron chi connectivity index (χ2n) is 5.77. The molecule has 0 amide bonds. The predicted molar refractivity (Wildman–Crippen MR) is 68.0 cm³/mol. The van der Waals surface area contributed by atoms with Crippen LogP contribution >= 0.6 is 0 Å². The first-order valence-electron chi connectivity index (χ1n) is 7.04. The van der Waals surface area contributed by atoms with Crippen molar-refractivity contribution in [2.45, 2.75) is 39.0 Å². The maximum atomic E-state index is 11.4. The minimum Gasteiger partial charge on any atom is -0.381 e. The summed E-state index contributed by atoms with van der Waals surface area (Å²) in [4.78, 5) is 14.0. The highest BCUT2D eigenvalue weighted by atomic mass is 16.5. The van der Waals surface area contributed by atoms with Gasteiger partial charge in [-0.05, 0) is 44.6 Å². The minimum atomic E-state index is -0.123. The van der Waals surface area contributed by atoms with Gasteiger partial charge in [-0.1, -0.05) is 6.92 Å². The van der Waals surface area contributed by atoms with Gasteiger partial charge in [0.05, 0.1) is 0 Å². The molecule has 0 radical (unpaired) electrons. The van der Waals surface area contributed by atoms with Crippen LogP contribution in [0.5, 0.6) is 0 Å². The topological polar surface area (TPSA) is 29.5 Å². The third-order valence-corrected chi connectivity index (χ3v) is 4.03. The second kappa shape index (κ2) is 5.96. The van der Waals surface area contributed by atoms with Crippen molar-refractivity contribution in [1.29, 1.82) is 0 Å². The lowest BCUT2D eigenvalue weighted by atomic mass is 9.81. The van der Waals surface area contributed by atoms with Crippen LogP contribution in [0.15, 0.2) is 0 Å². The van der Waals surface area contributed by atoms with Crippen LogP contribution in [-0.4, -0.2) is 44.0 Å². The van der Waals surface area contributed by atoms with Crippen LogP contribution in [0.25, 0.3) is 0 Å². The number of carbonyl (C=O) groups excluding carboxylic acids is 1. The molecule has 2 aliphatic rings. The van der Waals surface area contributed by atoms with Gasteiger partial charge < -0.3 is 14.4 Å². The number of nitrogens with zero attached hydrogens (tertiary/aromatic N) is 1. The average molecular weight is 239 g/mol. The molecule has 98 valence electrons. The zero-order chi connectivity index (χ0) is 12.1. The first kappa shape index (κ1) is 13.0. The van der Waals surface area contributed by atoms with E-state index < -0.39 is 0 Å². The van der Waals surface area contributed by atoms with Crippen LogP contribution in [0.4, 0.5) is 0 Å². The molecule has 0 aromatic rings. The molecule has 1 saturated heterocycles. The van der Waals surface area contributed by atoms with Crippen LogP contribution in [-0.2, 0) is 9.53 Å². The molecular formula is C14H25NO2. The number of hydrogen-bond acceptors (Lipinski definition) is 3. The molecule has 3 nitrogen and oxygen atoms in total. The SMILES string of the molecule is CCCN(CC1CC1)CC1(C=O)CCOCC1. The van der Waals surface area contributed by atoms with Crippen molar-refractivity contribution < 1.29 is 9.53 Å². The fourth-order valence-electron chi connectivity index (χ4n) is 2.75. The molecule has 0 aromatic heterocycles. The van der Waals surface area contributed by atoms with Crippen molar-refractivity contribution in [2.24, 2.45) is 11.3 Å². The van der Waals surface area contributed by atoms with Gasteiger partial charge in [0.15, 0.2) is 0 Å². The van der Waals surface area contributed by atoms with Crippen LogP contribution in [0.3, 0.4) is 0 Å². The third kappa shape index (κ3) is 3.78. The van der Waals surface area contributed by atoms with Gasteiger partial charge in [0.2, 0.25) is 0 Å². The standard InChI is InChI=1S/C14H25NO2/c1-2-7-15(10-13-3-4-13)11-14(12-16)5-8-17-9-6-14/h12-13H,2-11H2,1H3. The van der Waals surface area contributed by atoms with E-state index in [-0.39, 0.29) is 5.41 Å². The maximum absolute atomic E-state index is 11.4. The quantitative estimate of drug-likeness (QED) is 0.637. The lowest BCUT2D eigenvalue weighted by molar-refractivity contribution is -0.123. The minimum absolute atomic E-state index is 0.123. The van der Waals surface area contributed by atoms with E-state index in [1.165, 1.54) is 32.1 Å². The number of carbonyl (C=O) groups is 1. The molecule has 1 saturated carbocycles. The van der Waals surface area contributed by atoms with E-state index in [2.05, 4.69) is 11.8 Å². The molecule has 2 fully saturated rings. The van der Waals surface area contributed by atoms with Gasteiger partial charge in [-0.15, -0.1) is 0 Å². The van der Waals surface area contributed by atoms with Gasteiger partial charge in [-0.25, -0.2) is 0 Å². The summed E-state index contributed by atoms with van der Waals surface area (Å²) in [5.74, 6) is 0.907. The summed E-state index contributed by atoms with van der Waals surface area (Å²) in [6.45, 7) is 7.00. The Morgan fingerprint density at radius 3 is 2.59 bits per heavy atom. The highest BCUT2D eigenvalue weighted by Crippen LogP contribution is 2.33. The summed E-state index contributed by atoms with van der Waals surface area (Å²) in [6, 6.07) is 0. The Balaban J connectivity index is 1.90. The van der Waals surface area contributed by atoms with Gasteiger partial charge in [0, 0.05) is 31.7 Å². The first-order chi connectivity index (χ1) is 8.28. The van der Waals surface area contributed by atoms with E-state index >= 15 is 0 Å². The summed E-state index contributed by atoms with van der Waals surface area (Å²) in [6.07, 6.45) is 6.96. The lowest BCUT2D eigenvalue weighted by Gasteiger charge is -2.37. The number of aldehydes is 1. The number of rotatable bonds is 7. The molecule has 2 rings (SSSR count). The smallest absolute Gasteiger partial charge is 0.127 e. The average Bonchev–Trinajstić information content (AvgIpc) is 3.14. The van der Waals surface area contributed by atoms with E-state index in [9.17, 15) is 4.79 Å². The molecule has 0 bridgehead atoms. The third-order valence-electron chi connectivity index (χ3n) is 4.03. The molecule has 1 aliphatic carbocycles. The molecule has 1 heterocycles. The van der Waals surface area contributed by atoms with Gasteiger partial charge in [0.1, 0.15) is 6.29 Å². The molecule has 17 heavy (non-hydrogen) atoms. The van der Waals surface area contributed by atoms with Crippen molar-refractivity contribution in [3.05, 3.63) is 0 Å². The predicted octanol–water partition coefficient (Wildman–Crippen LogP) is 2.10. The molecular weight excluding hydrogens is 214 g/mol. The molecule has 0 N–H and O–H groups in total. The summed E-state index contributed by atoms with van der Waals surface area (Å²) >= 11 is 0. The van der Waals surface area contributed by atoms with E-state index in [4.69, 9.17) is 4.74 Å². The Bertz CT molecular complexity index is 245. The fourth-order valence-corrected chi connectivity index (χ4v) is 2.75. The lowest BCUT2D eigenvalue weighted by Crippen LogP contribution is -2.43. The Kier molecular flexibility index (Phi) is 4.57. The number of hydrogen-bond donors (Lipinski definition) is 0. The highest BCUT2D eigenvalue weighted by Gasteiger charge is 2.35. The zero-order valence-corrected chi connectivity index (χ0v) is 11.0. The van der Waals surface area contributed by atoms with Crippen molar-refractivity contribution in [3.8, 4) is 0 Å². The Labute approximate surface area is 105 Å². The van der Waals surface area contributed by atoms with Crippen molar-refractivity contribution >= 4 is 6.29 Å². The van der Waals surface area contributed by atoms with Gasteiger partial charge in [-0.3, -0.25) is 0 Å². The largest absolute Gasteiger partial charge is 0.381 e. The van der Waals surface area contributed by atoms with Gasteiger partial charge in [0.25, 0.3) is 0 Å². The van der Waals surface area contributed by atoms with E-state index in [1.807, 2.05) is 0 Å². The van der Waals surface area contributed by atoms with Crippen LogP contribution in [0, 0.1) is 11.3 Å². The van der Waals surface area contributed by atoms with Crippen molar-refractivity contribution in [3.63, 3.8) is 0 Å². The monoisotopic (exact) mass is 239 g/mol. The summed E-state index contributed by atoms with van der Waals surface area (Å²) in [5, 5.41) is 0. The van der Waals surface area contributed by atoms with Crippen LogP contribution in [0.1, 0.15) is 39.0 Å². The first-order valence-corrected chi connectivity index (χ1v) is 7.04. The van der Waals surface area contributed by atoms with Crippen LogP contribution in [0.2, 0.25) is 0 Å². The Hall–Kier alpha value is -0.410. The van der Waals surface area contributed by atoms with Crippen molar-refractivity contribution in [2.75, 3.05) is 32.8 Å². The van der Waals surface area contributed by atoms with E-state index in [0.717, 1.165) is 45.1 Å². The van der Waals surface area contributed by atoms with E-state index in [0.29, 0.717) is 0 Å². The Morgan fingerprint density at radius 2 is 2.06 bits per heavy atom. The second-order valence-corrected chi connectivity index (χ2v) is 5.77. The zero-order valence-electron chi connectivity index (χ0n) is 11.0. The summed E-state index contributed by atoms with van der Waals surface area (Å²) in [5.41, 5.74) is -0.123. The number of ether oxygens (including phenoxy) is 1. The summed E-state index contributed by atoms with van der Waals surface area (Å²) in [7, 11) is 0. The highest BCUT2D eigenvalue weighted by molar-refractivity contribution is 5.60. The van der Waals surface area contributed by atoms with E-state index in [1.54, 1.807) is 0 Å². The molecule has 1 aliphatic heterocycles. The molecule has 0 spiro atoms. The van der Waals surface area contributed by atoms with Gasteiger partial charge >= 0.3 is 0 Å². The van der Waals surface area contributed by atoms with Crippen molar-refractivity contribution in [1.82, 2.24) is 4.90 Å². The normalized spacial score (nSPS) is 23.9. The molecule has 0 aromatic carbocycles. The molecule has 3 heteroatoms. The van der Waals surface area contributed by atoms with Crippen LogP contribution < -0.4 is 0 Å². The molecule has 0 atom stereocenters. The Morgan fingerprint density at radius 1 is 1.35 bits per heavy atom. The fraction of sp³-hybridized carbons (Fsp3) is 0.929. The molecule has 0 unspecified atom stereocenters. The maximum Gasteiger partial charge on any atom is 0.127 e. The van der Waals surface area contributed by atoms with Gasteiger partial charge in [-0.2, -0.15) is 0 Å².